The van der Waals surface area contributed by atoms with Crippen molar-refractivity contribution in [3.05, 3.63) is 29.3 Å². The van der Waals surface area contributed by atoms with Gasteiger partial charge in [-0.3, -0.25) is 4.79 Å². The van der Waals surface area contributed by atoms with Gasteiger partial charge in [0, 0.05) is 10.5 Å². The van der Waals surface area contributed by atoms with Gasteiger partial charge in [0.1, 0.15) is 0 Å². The minimum atomic E-state index is -2.33. The van der Waals surface area contributed by atoms with Gasteiger partial charge in [0.2, 0.25) is 0 Å². The van der Waals surface area contributed by atoms with Crippen LogP contribution in [0.15, 0.2) is 23.1 Å². The third-order valence-corrected chi connectivity index (χ3v) is 2.28. The molecule has 0 aliphatic rings. The Balaban J connectivity index is -0.000000332. The number of carbonyl (C=O) groups is 2. The Labute approximate surface area is 194 Å². The number of nitriles is 1. The third-order valence-electron chi connectivity index (χ3n) is 1.49. The number of hydrogen-bond donors (Lipinski definition) is 0. The molecule has 0 aromatic heterocycles. The van der Waals surface area contributed by atoms with E-state index >= 15 is 0 Å². The molecule has 0 atom stereocenters. The molecule has 0 amide bonds. The largest absolute Gasteiger partial charge is 1.00 e. The number of thioether (sulfide) groups is 1. The van der Waals surface area contributed by atoms with E-state index in [1.165, 1.54) is 11.8 Å². The van der Waals surface area contributed by atoms with E-state index in [-0.39, 0.29) is 103 Å². The van der Waals surface area contributed by atoms with E-state index in [0.717, 1.165) is 11.2 Å². The van der Waals surface area contributed by atoms with E-state index in [2.05, 4.69) is 0 Å². The molecule has 1 aromatic rings. The fraction of sp³-hybridized carbons (Fsp3) is 0.100. The monoisotopic (exact) mass is 315 g/mol. The van der Waals surface area contributed by atoms with Crippen molar-refractivity contribution >= 4 is 24.2 Å². The van der Waals surface area contributed by atoms with Crippen LogP contribution in [0.25, 0.3) is 0 Å². The summed E-state index contributed by atoms with van der Waals surface area (Å²) in [7, 11) is 0. The van der Waals surface area contributed by atoms with E-state index in [1.807, 2.05) is 12.3 Å². The van der Waals surface area contributed by atoms with Gasteiger partial charge < -0.3 is 15.0 Å². The number of carboxylic acid groups (broad SMARTS) is 2. The Hall–Kier alpha value is 1.27. The second kappa shape index (κ2) is 14.7. The Morgan fingerprint density at radius 1 is 1.39 bits per heavy atom. The normalized spacial score (nSPS) is 7.33. The van der Waals surface area contributed by atoms with Gasteiger partial charge in [-0.05, 0) is 30.6 Å². The summed E-state index contributed by atoms with van der Waals surface area (Å²) in [5, 5.41) is 25.2. The van der Waals surface area contributed by atoms with E-state index < -0.39 is 6.16 Å². The summed E-state index contributed by atoms with van der Waals surface area (Å²) in [6.07, 6.45) is 0.344. The Bertz CT molecular complexity index is 430. The molecule has 0 unspecified atom stereocenters. The molecule has 18 heavy (non-hydrogen) atoms. The van der Waals surface area contributed by atoms with Crippen LogP contribution in [0.2, 0.25) is 0 Å². The molecule has 0 fully saturated rings. The molecule has 8 heteroatoms. The van der Waals surface area contributed by atoms with Crippen LogP contribution in [0, 0.1) is 11.3 Å². The van der Waals surface area contributed by atoms with Crippen molar-refractivity contribution in [1.82, 2.24) is 0 Å². The number of aldehydes is 1. The molecule has 0 N–H and O–H groups in total. The first-order chi connectivity index (χ1) is 7.54. The zero-order valence-corrected chi connectivity index (χ0v) is 17.4. The number of carbonyl (C=O) groups excluding carboxylic acids is 2. The molecular weight excluding hydrogens is 308 g/mol. The predicted molar refractivity (Wildman–Crippen MR) is 53.7 cm³/mol. The van der Waals surface area contributed by atoms with Crippen LogP contribution >= 0.6 is 11.8 Å². The first kappa shape index (κ1) is 24.3. The predicted octanol–water partition coefficient (Wildman–Crippen LogP) is -6.35. The molecule has 84 valence electrons. The van der Waals surface area contributed by atoms with Gasteiger partial charge in [0.25, 0.3) is 0 Å². The first-order valence-electron chi connectivity index (χ1n) is 3.96. The molecule has 0 spiro atoms. The van der Waals surface area contributed by atoms with Gasteiger partial charge in [-0.2, -0.15) is 5.26 Å². The summed E-state index contributed by atoms with van der Waals surface area (Å²) in [6.45, 7) is 0. The molecule has 0 saturated carbocycles. The van der Waals surface area contributed by atoms with Crippen LogP contribution in [0.5, 0.6) is 0 Å². The fourth-order valence-corrected chi connectivity index (χ4v) is 1.47. The van der Waals surface area contributed by atoms with Crippen LogP contribution in [-0.4, -0.2) is 18.7 Å². The van der Waals surface area contributed by atoms with E-state index in [4.69, 9.17) is 20.3 Å². The van der Waals surface area contributed by atoms with Crippen LogP contribution in [0.3, 0.4) is 0 Å². The number of nitrogens with zero attached hydrogens (tertiary/aromatic N) is 1. The minimum Gasteiger partial charge on any atom is -0.652 e. The van der Waals surface area contributed by atoms with Crippen LogP contribution < -0.4 is 113 Å². The molecule has 0 radical (unpaired) electrons. The van der Waals surface area contributed by atoms with Crippen molar-refractivity contribution in [1.29, 1.82) is 5.26 Å². The summed E-state index contributed by atoms with van der Waals surface area (Å²) < 4.78 is 0. The fourth-order valence-electron chi connectivity index (χ4n) is 0.878. The topological polar surface area (TPSA) is 104 Å². The van der Waals surface area contributed by atoms with Crippen molar-refractivity contribution in [2.75, 3.05) is 6.26 Å². The summed E-state index contributed by atoms with van der Waals surface area (Å²) >= 11 is 1.47. The van der Waals surface area contributed by atoms with Crippen molar-refractivity contribution in [3.63, 3.8) is 0 Å². The van der Waals surface area contributed by atoms with Crippen molar-refractivity contribution in [3.8, 4) is 6.07 Å². The first-order valence-corrected chi connectivity index (χ1v) is 5.19. The molecule has 0 bridgehead atoms. The molecular formula is C10H7K2NO4S. The zero-order valence-electron chi connectivity index (χ0n) is 10.3. The average Bonchev–Trinajstić information content (AvgIpc) is 2.27. The maximum absolute atomic E-state index is 10.5. The van der Waals surface area contributed by atoms with Crippen LogP contribution in [0.1, 0.15) is 15.9 Å². The number of rotatable bonds is 2. The van der Waals surface area contributed by atoms with Gasteiger partial charge in [-0.25, -0.2) is 0 Å². The maximum Gasteiger partial charge on any atom is 1.00 e. The summed E-state index contributed by atoms with van der Waals surface area (Å²) in [5.41, 5.74) is 1.23. The molecule has 0 aliphatic carbocycles. The van der Waals surface area contributed by atoms with E-state index in [0.29, 0.717) is 11.1 Å². The smallest absolute Gasteiger partial charge is 0.652 e. The molecule has 0 heterocycles. The van der Waals surface area contributed by atoms with Gasteiger partial charge in [0.05, 0.1) is 11.6 Å². The maximum atomic E-state index is 10.5. The zero-order chi connectivity index (χ0) is 12.6. The minimum absolute atomic E-state index is 0. The van der Waals surface area contributed by atoms with Crippen molar-refractivity contribution < 1.29 is 123 Å². The summed E-state index contributed by atoms with van der Waals surface area (Å²) in [4.78, 5) is 19.7. The van der Waals surface area contributed by atoms with Gasteiger partial charge in [-0.15, -0.1) is 11.8 Å². The van der Waals surface area contributed by atoms with E-state index in [9.17, 15) is 4.79 Å². The second-order valence-corrected chi connectivity index (χ2v) is 3.28. The molecule has 0 saturated heterocycles. The Morgan fingerprint density at radius 2 is 1.89 bits per heavy atom. The Morgan fingerprint density at radius 3 is 2.22 bits per heavy atom. The van der Waals surface area contributed by atoms with Crippen molar-refractivity contribution in [2.45, 2.75) is 4.90 Å². The molecule has 5 nitrogen and oxygen atoms in total. The molecule has 0 aliphatic heterocycles. The SMILES string of the molecule is CSc1cc(C#N)ccc1C=O.O=C([O-])[O-].[K+].[K+]. The summed E-state index contributed by atoms with van der Waals surface area (Å²) in [6, 6.07) is 7.05. The third kappa shape index (κ3) is 11.1. The Kier molecular flexibility index (Phi) is 19.8. The number of hydrogen-bond acceptors (Lipinski definition) is 6. The standard InChI is InChI=1S/C9H7NOS.CH2O3.2K/c1-12-9-4-7(5-10)2-3-8(9)6-11;2-1(3)4;;/h2-4,6H,1H3;(H2,2,3,4);;/q;;2*+1/p-2. The number of benzene rings is 1. The summed E-state index contributed by atoms with van der Waals surface area (Å²) in [5.74, 6) is 0. The van der Waals surface area contributed by atoms with Crippen LogP contribution in [-0.2, 0) is 0 Å². The quantitative estimate of drug-likeness (QED) is 0.305. The average molecular weight is 315 g/mol. The molecule has 1 rings (SSSR count). The van der Waals surface area contributed by atoms with Gasteiger partial charge in [0.15, 0.2) is 6.29 Å². The van der Waals surface area contributed by atoms with E-state index in [1.54, 1.807) is 18.2 Å². The molecule has 1 aromatic carbocycles. The van der Waals surface area contributed by atoms with Gasteiger partial charge in [-0.1, -0.05) is 0 Å². The van der Waals surface area contributed by atoms with Crippen LogP contribution in [0.4, 0.5) is 4.79 Å². The van der Waals surface area contributed by atoms with Crippen molar-refractivity contribution in [2.24, 2.45) is 0 Å². The second-order valence-electron chi connectivity index (χ2n) is 2.44. The van der Waals surface area contributed by atoms with Gasteiger partial charge >= 0.3 is 103 Å².